The van der Waals surface area contributed by atoms with E-state index in [-0.39, 0.29) is 25.2 Å². The SMILES string of the molecule is CC(=O)OCC(CC(C)C)NC(=O)OCc1ccccc1. The predicted molar refractivity (Wildman–Crippen MR) is 79.6 cm³/mol. The van der Waals surface area contributed by atoms with E-state index in [1.165, 1.54) is 6.92 Å². The molecule has 0 heterocycles. The average Bonchev–Trinajstić information content (AvgIpc) is 2.43. The Bertz CT molecular complexity index is 445. The van der Waals surface area contributed by atoms with E-state index >= 15 is 0 Å². The van der Waals surface area contributed by atoms with E-state index < -0.39 is 6.09 Å². The van der Waals surface area contributed by atoms with Crippen LogP contribution in [0.25, 0.3) is 0 Å². The van der Waals surface area contributed by atoms with Crippen LogP contribution in [0.2, 0.25) is 0 Å². The van der Waals surface area contributed by atoms with E-state index in [2.05, 4.69) is 5.32 Å². The van der Waals surface area contributed by atoms with Gasteiger partial charge in [0.1, 0.15) is 13.2 Å². The van der Waals surface area contributed by atoms with Gasteiger partial charge in [0.05, 0.1) is 6.04 Å². The molecule has 1 aromatic rings. The predicted octanol–water partition coefficient (Wildman–Crippen LogP) is 2.89. The third kappa shape index (κ3) is 7.97. The molecule has 116 valence electrons. The van der Waals surface area contributed by atoms with Crippen molar-refractivity contribution in [2.75, 3.05) is 6.61 Å². The quantitative estimate of drug-likeness (QED) is 0.785. The van der Waals surface area contributed by atoms with Gasteiger partial charge in [-0.25, -0.2) is 4.79 Å². The molecule has 1 atom stereocenters. The molecule has 1 N–H and O–H groups in total. The summed E-state index contributed by atoms with van der Waals surface area (Å²) in [7, 11) is 0. The van der Waals surface area contributed by atoms with Gasteiger partial charge in [-0.1, -0.05) is 44.2 Å². The monoisotopic (exact) mass is 293 g/mol. The lowest BCUT2D eigenvalue weighted by Gasteiger charge is -2.20. The fourth-order valence-corrected chi connectivity index (χ4v) is 1.89. The second kappa shape index (κ2) is 9.00. The molecule has 0 fully saturated rings. The second-order valence-corrected chi connectivity index (χ2v) is 5.34. The van der Waals surface area contributed by atoms with Crippen LogP contribution >= 0.6 is 0 Å². The highest BCUT2D eigenvalue weighted by molar-refractivity contribution is 5.68. The van der Waals surface area contributed by atoms with Crippen molar-refractivity contribution >= 4 is 12.1 Å². The van der Waals surface area contributed by atoms with Gasteiger partial charge < -0.3 is 14.8 Å². The van der Waals surface area contributed by atoms with Crippen molar-refractivity contribution in [1.29, 1.82) is 0 Å². The third-order valence-corrected chi connectivity index (χ3v) is 2.78. The molecule has 0 bridgehead atoms. The Morgan fingerprint density at radius 1 is 1.14 bits per heavy atom. The Morgan fingerprint density at radius 3 is 2.38 bits per heavy atom. The van der Waals surface area contributed by atoms with Crippen LogP contribution in [0.3, 0.4) is 0 Å². The fraction of sp³-hybridized carbons (Fsp3) is 0.500. The molecule has 1 amide bonds. The number of esters is 1. The van der Waals surface area contributed by atoms with E-state index in [0.717, 1.165) is 5.56 Å². The zero-order chi connectivity index (χ0) is 15.7. The molecule has 21 heavy (non-hydrogen) atoms. The van der Waals surface area contributed by atoms with Crippen LogP contribution in [0.5, 0.6) is 0 Å². The summed E-state index contributed by atoms with van der Waals surface area (Å²) < 4.78 is 10.1. The lowest BCUT2D eigenvalue weighted by atomic mass is 10.0. The number of alkyl carbamates (subject to hydrolysis) is 1. The smallest absolute Gasteiger partial charge is 0.407 e. The summed E-state index contributed by atoms with van der Waals surface area (Å²) in [4.78, 5) is 22.6. The van der Waals surface area contributed by atoms with Crippen LogP contribution in [0.4, 0.5) is 4.79 Å². The van der Waals surface area contributed by atoms with E-state index in [9.17, 15) is 9.59 Å². The number of ether oxygens (including phenoxy) is 2. The van der Waals surface area contributed by atoms with Gasteiger partial charge in [-0.05, 0) is 17.9 Å². The molecule has 1 aromatic carbocycles. The molecule has 0 radical (unpaired) electrons. The number of benzene rings is 1. The zero-order valence-corrected chi connectivity index (χ0v) is 12.8. The van der Waals surface area contributed by atoms with Gasteiger partial charge in [0.15, 0.2) is 0 Å². The van der Waals surface area contributed by atoms with E-state index in [0.29, 0.717) is 12.3 Å². The van der Waals surface area contributed by atoms with Crippen molar-refractivity contribution in [2.45, 2.75) is 39.8 Å². The molecule has 0 spiro atoms. The summed E-state index contributed by atoms with van der Waals surface area (Å²) in [5, 5.41) is 2.74. The Kier molecular flexibility index (Phi) is 7.29. The maximum atomic E-state index is 11.8. The third-order valence-electron chi connectivity index (χ3n) is 2.78. The standard InChI is InChI=1S/C16H23NO4/c1-12(2)9-15(11-20-13(3)18)17-16(19)21-10-14-7-5-4-6-8-14/h4-8,12,15H,9-11H2,1-3H3,(H,17,19). The van der Waals surface area contributed by atoms with Crippen LogP contribution in [-0.4, -0.2) is 24.7 Å². The fourth-order valence-electron chi connectivity index (χ4n) is 1.89. The minimum absolute atomic E-state index is 0.161. The molecule has 0 aliphatic carbocycles. The number of hydrogen-bond donors (Lipinski definition) is 1. The van der Waals surface area contributed by atoms with Crippen LogP contribution in [-0.2, 0) is 20.9 Å². The highest BCUT2D eigenvalue weighted by atomic mass is 16.6. The molecular weight excluding hydrogens is 270 g/mol. The van der Waals surface area contributed by atoms with Gasteiger partial charge in [0, 0.05) is 6.92 Å². The maximum Gasteiger partial charge on any atom is 0.407 e. The molecule has 0 saturated heterocycles. The topological polar surface area (TPSA) is 64.6 Å². The summed E-state index contributed by atoms with van der Waals surface area (Å²) in [5.74, 6) is 0.0168. The van der Waals surface area contributed by atoms with Crippen molar-refractivity contribution in [1.82, 2.24) is 5.32 Å². The van der Waals surface area contributed by atoms with E-state index in [1.54, 1.807) is 0 Å². The first-order valence-corrected chi connectivity index (χ1v) is 7.08. The first kappa shape index (κ1) is 17.0. The summed E-state index contributed by atoms with van der Waals surface area (Å²) in [6.07, 6.45) is 0.213. The van der Waals surface area contributed by atoms with Crippen LogP contribution in [0, 0.1) is 5.92 Å². The Morgan fingerprint density at radius 2 is 1.81 bits per heavy atom. The minimum Gasteiger partial charge on any atom is -0.464 e. The first-order valence-electron chi connectivity index (χ1n) is 7.08. The van der Waals surface area contributed by atoms with Gasteiger partial charge in [0.25, 0.3) is 0 Å². The number of carbonyl (C=O) groups excluding carboxylic acids is 2. The molecule has 1 unspecified atom stereocenters. The second-order valence-electron chi connectivity index (χ2n) is 5.34. The highest BCUT2D eigenvalue weighted by Gasteiger charge is 2.16. The maximum absolute atomic E-state index is 11.8. The molecular formula is C16H23NO4. The largest absolute Gasteiger partial charge is 0.464 e. The normalized spacial score (nSPS) is 11.8. The summed E-state index contributed by atoms with van der Waals surface area (Å²) >= 11 is 0. The molecule has 1 rings (SSSR count). The lowest BCUT2D eigenvalue weighted by Crippen LogP contribution is -2.39. The summed E-state index contributed by atoms with van der Waals surface area (Å²) in [6, 6.07) is 9.21. The van der Waals surface area contributed by atoms with Gasteiger partial charge in [-0.3, -0.25) is 4.79 Å². The van der Waals surface area contributed by atoms with Crippen LogP contribution in [0.15, 0.2) is 30.3 Å². The average molecular weight is 293 g/mol. The number of nitrogens with one attached hydrogen (secondary N) is 1. The Balaban J connectivity index is 2.41. The van der Waals surface area contributed by atoms with E-state index in [4.69, 9.17) is 9.47 Å². The lowest BCUT2D eigenvalue weighted by molar-refractivity contribution is -0.141. The Labute approximate surface area is 125 Å². The minimum atomic E-state index is -0.503. The van der Waals surface area contributed by atoms with Gasteiger partial charge >= 0.3 is 12.1 Å². The van der Waals surface area contributed by atoms with Gasteiger partial charge in [-0.15, -0.1) is 0 Å². The molecule has 0 aliphatic rings. The van der Waals surface area contributed by atoms with Crippen LogP contribution < -0.4 is 5.32 Å². The summed E-state index contributed by atoms with van der Waals surface area (Å²) in [6.45, 7) is 5.80. The zero-order valence-electron chi connectivity index (χ0n) is 12.8. The van der Waals surface area contributed by atoms with Crippen molar-refractivity contribution < 1.29 is 19.1 Å². The number of amides is 1. The number of rotatable bonds is 7. The van der Waals surface area contributed by atoms with Gasteiger partial charge in [0.2, 0.25) is 0 Å². The first-order chi connectivity index (χ1) is 9.97. The van der Waals surface area contributed by atoms with Crippen molar-refractivity contribution in [3.05, 3.63) is 35.9 Å². The van der Waals surface area contributed by atoms with Gasteiger partial charge in [-0.2, -0.15) is 0 Å². The molecule has 0 saturated carbocycles. The van der Waals surface area contributed by atoms with Crippen molar-refractivity contribution in [2.24, 2.45) is 5.92 Å². The molecule has 0 aliphatic heterocycles. The molecule has 5 nitrogen and oxygen atoms in total. The van der Waals surface area contributed by atoms with Crippen molar-refractivity contribution in [3.63, 3.8) is 0 Å². The molecule has 5 heteroatoms. The summed E-state index contributed by atoms with van der Waals surface area (Å²) in [5.41, 5.74) is 0.924. The molecule has 0 aromatic heterocycles. The van der Waals surface area contributed by atoms with E-state index in [1.807, 2.05) is 44.2 Å². The number of carbonyl (C=O) groups is 2. The Hall–Kier alpha value is -2.04. The van der Waals surface area contributed by atoms with Crippen LogP contribution in [0.1, 0.15) is 32.8 Å². The number of hydrogen-bond acceptors (Lipinski definition) is 4. The van der Waals surface area contributed by atoms with Crippen molar-refractivity contribution in [3.8, 4) is 0 Å². The highest BCUT2D eigenvalue weighted by Crippen LogP contribution is 2.06.